The number of thiophene rings is 1. The van der Waals surface area contributed by atoms with E-state index >= 15 is 0 Å². The van der Waals surface area contributed by atoms with Crippen LogP contribution in [0.2, 0.25) is 0 Å². The number of ketones is 1. The van der Waals surface area contributed by atoms with E-state index in [4.69, 9.17) is 0 Å². The topological polar surface area (TPSA) is 30.0 Å². The second-order valence-electron chi connectivity index (χ2n) is 4.37. The number of hydrogen-bond acceptors (Lipinski definition) is 3. The molecule has 0 saturated heterocycles. The zero-order valence-electron chi connectivity index (χ0n) is 9.48. The first-order valence-corrected chi connectivity index (χ1v) is 6.68. The minimum Gasteiger partial charge on any atom is -0.293 e. The summed E-state index contributed by atoms with van der Waals surface area (Å²) in [7, 11) is 0. The molecule has 2 aromatic heterocycles. The molecule has 0 aliphatic heterocycles. The van der Waals surface area contributed by atoms with Crippen molar-refractivity contribution < 1.29 is 4.79 Å². The maximum atomic E-state index is 12.1. The molecule has 0 atom stereocenters. The molecular weight excluding hydrogens is 230 g/mol. The number of hydrogen-bond donors (Lipinski definition) is 0. The van der Waals surface area contributed by atoms with Crippen molar-refractivity contribution in [1.29, 1.82) is 0 Å². The van der Waals surface area contributed by atoms with Gasteiger partial charge >= 0.3 is 0 Å². The van der Waals surface area contributed by atoms with Crippen molar-refractivity contribution in [3.05, 3.63) is 51.5 Å². The van der Waals surface area contributed by atoms with E-state index in [0.717, 1.165) is 23.3 Å². The molecule has 0 bridgehead atoms. The van der Waals surface area contributed by atoms with Gasteiger partial charge in [-0.05, 0) is 42.5 Å². The molecule has 0 radical (unpaired) electrons. The van der Waals surface area contributed by atoms with Crippen LogP contribution >= 0.6 is 11.3 Å². The van der Waals surface area contributed by atoms with Crippen molar-refractivity contribution in [3.8, 4) is 0 Å². The molecule has 0 N–H and O–H groups in total. The summed E-state index contributed by atoms with van der Waals surface area (Å²) in [5.74, 6) is 0.220. The van der Waals surface area contributed by atoms with Gasteiger partial charge in [-0.3, -0.25) is 9.78 Å². The number of pyridine rings is 1. The highest BCUT2D eigenvalue weighted by Crippen LogP contribution is 2.31. The maximum Gasteiger partial charge on any atom is 0.177 e. The molecule has 0 amide bonds. The zero-order valence-corrected chi connectivity index (χ0v) is 10.3. The Morgan fingerprint density at radius 2 is 2.35 bits per heavy atom. The van der Waals surface area contributed by atoms with Gasteiger partial charge in [-0.25, -0.2) is 0 Å². The number of fused-ring (bicyclic) bond motifs is 1. The number of aryl methyl sites for hydroxylation is 2. The number of Topliss-reactive ketones (excluding diaryl/α,β-unsaturated/α-hetero) is 1. The van der Waals surface area contributed by atoms with Crippen molar-refractivity contribution >= 4 is 17.1 Å². The van der Waals surface area contributed by atoms with Crippen molar-refractivity contribution in [2.45, 2.75) is 25.7 Å². The second kappa shape index (κ2) is 4.41. The molecule has 86 valence electrons. The number of nitrogens with zero attached hydrogens (tertiary/aromatic N) is 1. The number of aromatic nitrogens is 1. The lowest BCUT2D eigenvalue weighted by Gasteiger charge is -1.98. The zero-order chi connectivity index (χ0) is 11.7. The smallest absolute Gasteiger partial charge is 0.177 e. The van der Waals surface area contributed by atoms with Crippen LogP contribution in [-0.4, -0.2) is 10.8 Å². The molecule has 2 nitrogen and oxygen atoms in total. The third-order valence-electron chi connectivity index (χ3n) is 3.11. The summed E-state index contributed by atoms with van der Waals surface area (Å²) >= 11 is 1.68. The Labute approximate surface area is 104 Å². The van der Waals surface area contributed by atoms with Crippen molar-refractivity contribution in [2.75, 3.05) is 0 Å². The van der Waals surface area contributed by atoms with Crippen molar-refractivity contribution in [3.63, 3.8) is 0 Å². The van der Waals surface area contributed by atoms with E-state index in [2.05, 4.69) is 11.1 Å². The number of carbonyl (C=O) groups excluding carboxylic acids is 1. The fourth-order valence-electron chi connectivity index (χ4n) is 2.24. The number of rotatable bonds is 3. The molecule has 1 aliphatic rings. The first-order valence-electron chi connectivity index (χ1n) is 5.86. The SMILES string of the molecule is O=C(Cc1cccnc1)c1cc2c(s1)CCC2. The van der Waals surface area contributed by atoms with E-state index in [1.54, 1.807) is 23.7 Å². The Balaban J connectivity index is 1.78. The van der Waals surface area contributed by atoms with Gasteiger partial charge in [0.05, 0.1) is 4.88 Å². The van der Waals surface area contributed by atoms with E-state index in [9.17, 15) is 4.79 Å². The first-order chi connectivity index (χ1) is 8.33. The molecule has 0 aromatic carbocycles. The van der Waals surface area contributed by atoms with Crippen LogP contribution in [0.1, 0.15) is 32.1 Å². The molecule has 0 fully saturated rings. The van der Waals surface area contributed by atoms with Crippen LogP contribution in [0.15, 0.2) is 30.6 Å². The fourth-order valence-corrected chi connectivity index (χ4v) is 3.43. The summed E-state index contributed by atoms with van der Waals surface area (Å²) in [6.45, 7) is 0. The molecule has 2 aromatic rings. The second-order valence-corrected chi connectivity index (χ2v) is 5.51. The third kappa shape index (κ3) is 2.15. The van der Waals surface area contributed by atoms with Crippen LogP contribution in [0, 0.1) is 0 Å². The monoisotopic (exact) mass is 243 g/mol. The van der Waals surface area contributed by atoms with Gasteiger partial charge in [0.15, 0.2) is 5.78 Å². The van der Waals surface area contributed by atoms with E-state index in [1.807, 2.05) is 12.1 Å². The minimum atomic E-state index is 0.220. The highest BCUT2D eigenvalue weighted by Gasteiger charge is 2.18. The lowest BCUT2D eigenvalue weighted by Crippen LogP contribution is -2.01. The van der Waals surface area contributed by atoms with Gasteiger partial charge in [-0.1, -0.05) is 6.07 Å². The summed E-state index contributed by atoms with van der Waals surface area (Å²) in [4.78, 5) is 18.5. The quantitative estimate of drug-likeness (QED) is 0.775. The van der Waals surface area contributed by atoms with E-state index in [-0.39, 0.29) is 5.78 Å². The predicted molar refractivity (Wildman–Crippen MR) is 68.6 cm³/mol. The molecule has 0 unspecified atom stereocenters. The molecule has 17 heavy (non-hydrogen) atoms. The highest BCUT2D eigenvalue weighted by atomic mass is 32.1. The van der Waals surface area contributed by atoms with E-state index in [1.165, 1.54) is 16.9 Å². The van der Waals surface area contributed by atoms with Gasteiger partial charge in [-0.15, -0.1) is 11.3 Å². The molecule has 0 saturated carbocycles. The van der Waals surface area contributed by atoms with Gasteiger partial charge in [0.2, 0.25) is 0 Å². The summed E-state index contributed by atoms with van der Waals surface area (Å²) in [6.07, 6.45) is 7.50. The lowest BCUT2D eigenvalue weighted by molar-refractivity contribution is 0.0996. The van der Waals surface area contributed by atoms with Crippen LogP contribution in [0.25, 0.3) is 0 Å². The van der Waals surface area contributed by atoms with Gasteiger partial charge in [0.25, 0.3) is 0 Å². The Morgan fingerprint density at radius 3 is 3.12 bits per heavy atom. The largest absolute Gasteiger partial charge is 0.293 e. The molecule has 2 heterocycles. The van der Waals surface area contributed by atoms with Gasteiger partial charge < -0.3 is 0 Å². The lowest BCUT2D eigenvalue weighted by atomic mass is 10.1. The van der Waals surface area contributed by atoms with Gasteiger partial charge in [0, 0.05) is 23.7 Å². The maximum absolute atomic E-state index is 12.1. The van der Waals surface area contributed by atoms with E-state index < -0.39 is 0 Å². The molecule has 1 aliphatic carbocycles. The van der Waals surface area contributed by atoms with Crippen LogP contribution in [-0.2, 0) is 19.3 Å². The van der Waals surface area contributed by atoms with E-state index in [0.29, 0.717) is 6.42 Å². The standard InChI is InChI=1S/C14H13NOS/c16-12(7-10-3-2-6-15-9-10)14-8-11-4-1-5-13(11)17-14/h2-3,6,8-9H,1,4-5,7H2. The normalized spacial score (nSPS) is 13.6. The van der Waals surface area contributed by atoms with Crippen molar-refractivity contribution in [1.82, 2.24) is 4.98 Å². The Kier molecular flexibility index (Phi) is 2.77. The first kappa shape index (κ1) is 10.7. The predicted octanol–water partition coefficient (Wildman–Crippen LogP) is 3.06. The molecule has 0 spiro atoms. The van der Waals surface area contributed by atoms with Crippen LogP contribution in [0.4, 0.5) is 0 Å². The Bertz CT molecular complexity index is 523. The molecular formula is C14H13NOS. The average Bonchev–Trinajstić information content (AvgIpc) is 2.90. The van der Waals surface area contributed by atoms with Crippen LogP contribution in [0.5, 0.6) is 0 Å². The Hall–Kier alpha value is -1.48. The summed E-state index contributed by atoms with van der Waals surface area (Å²) in [5, 5.41) is 0. The fraction of sp³-hybridized carbons (Fsp3) is 0.286. The molecule has 3 rings (SSSR count). The summed E-state index contributed by atoms with van der Waals surface area (Å²) in [6, 6.07) is 5.91. The van der Waals surface area contributed by atoms with Gasteiger partial charge in [0.1, 0.15) is 0 Å². The van der Waals surface area contributed by atoms with Crippen molar-refractivity contribution in [2.24, 2.45) is 0 Å². The Morgan fingerprint density at radius 1 is 1.41 bits per heavy atom. The highest BCUT2D eigenvalue weighted by molar-refractivity contribution is 7.14. The molecule has 3 heteroatoms. The van der Waals surface area contributed by atoms with Crippen LogP contribution < -0.4 is 0 Å². The summed E-state index contributed by atoms with van der Waals surface area (Å²) < 4.78 is 0. The van der Waals surface area contributed by atoms with Crippen LogP contribution in [0.3, 0.4) is 0 Å². The third-order valence-corrected chi connectivity index (χ3v) is 4.39. The summed E-state index contributed by atoms with van der Waals surface area (Å²) in [5.41, 5.74) is 2.38. The average molecular weight is 243 g/mol. The van der Waals surface area contributed by atoms with Gasteiger partial charge in [-0.2, -0.15) is 0 Å². The number of carbonyl (C=O) groups is 1. The minimum absolute atomic E-state index is 0.220.